The van der Waals surface area contributed by atoms with Gasteiger partial charge in [0.25, 0.3) is 5.91 Å². The molecule has 0 aliphatic heterocycles. The number of aryl methyl sites for hydroxylation is 2. The van der Waals surface area contributed by atoms with Gasteiger partial charge in [-0.25, -0.2) is 4.98 Å². The minimum Gasteiger partial charge on any atom is -0.493 e. The van der Waals surface area contributed by atoms with E-state index < -0.39 is 0 Å². The van der Waals surface area contributed by atoms with E-state index in [0.29, 0.717) is 27.9 Å². The molecule has 0 bridgehead atoms. The molecule has 0 spiro atoms. The van der Waals surface area contributed by atoms with Crippen LogP contribution in [0.2, 0.25) is 0 Å². The largest absolute Gasteiger partial charge is 0.493 e. The average Bonchev–Trinajstić information content (AvgIpc) is 3.26. The number of hydrazone groups is 1. The maximum absolute atomic E-state index is 13.7. The number of thiazole rings is 1. The van der Waals surface area contributed by atoms with Crippen molar-refractivity contribution in [2.45, 2.75) is 13.8 Å². The van der Waals surface area contributed by atoms with Crippen LogP contribution in [-0.2, 0) is 0 Å². The van der Waals surface area contributed by atoms with Crippen molar-refractivity contribution in [1.29, 1.82) is 0 Å². The van der Waals surface area contributed by atoms with Crippen molar-refractivity contribution in [1.82, 2.24) is 4.98 Å². The maximum Gasteiger partial charge on any atom is 0.281 e. The summed E-state index contributed by atoms with van der Waals surface area (Å²) in [6.07, 6.45) is 1.65. The highest BCUT2D eigenvalue weighted by Gasteiger charge is 2.24. The van der Waals surface area contributed by atoms with Crippen LogP contribution in [0.4, 0.5) is 5.13 Å². The number of hydrogen-bond acceptors (Lipinski definition) is 7. The van der Waals surface area contributed by atoms with Crippen LogP contribution in [-0.4, -0.2) is 38.4 Å². The van der Waals surface area contributed by atoms with E-state index >= 15 is 0 Å². The molecule has 0 aliphatic carbocycles. The fourth-order valence-electron chi connectivity index (χ4n) is 3.40. The first-order chi connectivity index (χ1) is 16.4. The Labute approximate surface area is 202 Å². The molecule has 3 aromatic carbocycles. The van der Waals surface area contributed by atoms with E-state index in [1.54, 1.807) is 18.3 Å². The van der Waals surface area contributed by atoms with Gasteiger partial charge < -0.3 is 14.2 Å². The summed E-state index contributed by atoms with van der Waals surface area (Å²) in [5, 5.41) is 6.30. The first-order valence-electron chi connectivity index (χ1n) is 10.6. The molecule has 0 N–H and O–H groups in total. The number of benzene rings is 3. The summed E-state index contributed by atoms with van der Waals surface area (Å²) < 4.78 is 17.2. The van der Waals surface area contributed by atoms with Crippen molar-refractivity contribution in [3.05, 3.63) is 76.9 Å². The zero-order valence-corrected chi connectivity index (χ0v) is 20.5. The quantitative estimate of drug-likeness (QED) is 0.256. The molecule has 1 aromatic heterocycles. The van der Waals surface area contributed by atoms with Gasteiger partial charge in [0.1, 0.15) is 0 Å². The van der Waals surface area contributed by atoms with E-state index in [1.165, 1.54) is 37.7 Å². The predicted molar refractivity (Wildman–Crippen MR) is 136 cm³/mol. The van der Waals surface area contributed by atoms with Crippen molar-refractivity contribution in [2.24, 2.45) is 5.10 Å². The Balaban J connectivity index is 1.81. The van der Waals surface area contributed by atoms with E-state index in [0.717, 1.165) is 26.9 Å². The van der Waals surface area contributed by atoms with Gasteiger partial charge in [-0.3, -0.25) is 4.79 Å². The molecule has 1 amide bonds. The number of hydrogen-bond donors (Lipinski definition) is 0. The molecule has 0 saturated heterocycles. The molecule has 1 heterocycles. The lowest BCUT2D eigenvalue weighted by Crippen LogP contribution is -2.25. The SMILES string of the molecule is COc1cc(C(=O)N(/N=C/c2ccc(C)cc2)c2nc3ccc(C)cc3s2)cc(OC)c1OC. The van der Waals surface area contributed by atoms with Gasteiger partial charge in [-0.15, -0.1) is 0 Å². The minimum atomic E-state index is -0.376. The van der Waals surface area contributed by atoms with Gasteiger partial charge in [0.2, 0.25) is 10.9 Å². The number of nitrogens with zero attached hydrogens (tertiary/aromatic N) is 3. The van der Waals surface area contributed by atoms with Gasteiger partial charge >= 0.3 is 0 Å². The van der Waals surface area contributed by atoms with E-state index in [-0.39, 0.29) is 5.91 Å². The molecule has 4 aromatic rings. The minimum absolute atomic E-state index is 0.325. The Hall–Kier alpha value is -3.91. The third kappa shape index (κ3) is 4.72. The Morgan fingerprint density at radius 3 is 2.18 bits per heavy atom. The van der Waals surface area contributed by atoms with Gasteiger partial charge in [0.05, 0.1) is 37.8 Å². The molecular formula is C26H25N3O4S. The van der Waals surface area contributed by atoms with Crippen molar-refractivity contribution < 1.29 is 19.0 Å². The normalized spacial score (nSPS) is 11.1. The molecule has 0 unspecified atom stereocenters. The van der Waals surface area contributed by atoms with Crippen LogP contribution in [0.5, 0.6) is 17.2 Å². The van der Waals surface area contributed by atoms with Gasteiger partial charge in [-0.1, -0.05) is 47.2 Å². The molecule has 7 nitrogen and oxygen atoms in total. The number of aromatic nitrogens is 1. The van der Waals surface area contributed by atoms with Crippen LogP contribution in [0.15, 0.2) is 59.7 Å². The van der Waals surface area contributed by atoms with Gasteiger partial charge in [0, 0.05) is 5.56 Å². The van der Waals surface area contributed by atoms with Crippen LogP contribution in [0.25, 0.3) is 10.2 Å². The van der Waals surface area contributed by atoms with E-state index in [2.05, 4.69) is 10.1 Å². The second kappa shape index (κ2) is 9.93. The van der Waals surface area contributed by atoms with Crippen LogP contribution >= 0.6 is 11.3 Å². The zero-order valence-electron chi connectivity index (χ0n) is 19.7. The van der Waals surface area contributed by atoms with Crippen LogP contribution in [0, 0.1) is 13.8 Å². The fourth-order valence-corrected chi connectivity index (χ4v) is 4.42. The molecule has 0 radical (unpaired) electrons. The molecule has 174 valence electrons. The lowest BCUT2D eigenvalue weighted by molar-refractivity contribution is 0.0987. The van der Waals surface area contributed by atoms with Crippen LogP contribution in [0.1, 0.15) is 27.0 Å². The Kier molecular flexibility index (Phi) is 6.79. The number of anilines is 1. The molecule has 0 atom stereocenters. The number of rotatable bonds is 7. The van der Waals surface area contributed by atoms with Crippen molar-refractivity contribution >= 4 is 38.8 Å². The molecule has 0 saturated carbocycles. The number of carbonyl (C=O) groups excluding carboxylic acids is 1. The summed E-state index contributed by atoms with van der Waals surface area (Å²) in [4.78, 5) is 18.4. The molecule has 0 aliphatic rings. The van der Waals surface area contributed by atoms with Crippen LogP contribution < -0.4 is 19.2 Å². The highest BCUT2D eigenvalue weighted by atomic mass is 32.1. The number of fused-ring (bicyclic) bond motifs is 1. The van der Waals surface area contributed by atoms with Crippen molar-refractivity contribution in [3.63, 3.8) is 0 Å². The standard InChI is InChI=1S/C26H25N3O4S/c1-16-6-9-18(10-7-16)15-27-29(26-28-20-11-8-17(2)12-23(20)34-26)25(30)19-13-21(31-3)24(33-5)22(14-19)32-4/h6-15H,1-5H3/b27-15+. The summed E-state index contributed by atoms with van der Waals surface area (Å²) in [7, 11) is 4.53. The molecule has 0 fully saturated rings. The lowest BCUT2D eigenvalue weighted by atomic mass is 10.1. The number of amides is 1. The van der Waals surface area contributed by atoms with Crippen molar-refractivity contribution in [3.8, 4) is 17.2 Å². The topological polar surface area (TPSA) is 73.2 Å². The molecular weight excluding hydrogens is 450 g/mol. The van der Waals surface area contributed by atoms with E-state index in [4.69, 9.17) is 14.2 Å². The Morgan fingerprint density at radius 1 is 0.912 bits per heavy atom. The van der Waals surface area contributed by atoms with E-state index in [1.807, 2.05) is 56.3 Å². The van der Waals surface area contributed by atoms with E-state index in [9.17, 15) is 4.79 Å². The zero-order chi connectivity index (χ0) is 24.2. The third-order valence-electron chi connectivity index (χ3n) is 5.22. The van der Waals surface area contributed by atoms with Gasteiger partial charge in [0.15, 0.2) is 11.5 Å². The summed E-state index contributed by atoms with van der Waals surface area (Å²) in [6, 6.07) is 17.1. The Morgan fingerprint density at radius 2 is 1.56 bits per heavy atom. The highest BCUT2D eigenvalue weighted by Crippen LogP contribution is 2.39. The summed E-state index contributed by atoms with van der Waals surface area (Å²) in [5.74, 6) is 0.797. The molecule has 34 heavy (non-hydrogen) atoms. The second-order valence-corrected chi connectivity index (χ2v) is 8.66. The Bertz CT molecular complexity index is 1340. The van der Waals surface area contributed by atoms with Crippen molar-refractivity contribution in [2.75, 3.05) is 26.3 Å². The molecule has 8 heteroatoms. The lowest BCUT2D eigenvalue weighted by Gasteiger charge is -2.17. The summed E-state index contributed by atoms with van der Waals surface area (Å²) in [5.41, 5.74) is 4.26. The number of methoxy groups -OCH3 is 3. The number of carbonyl (C=O) groups is 1. The first kappa shape index (κ1) is 23.3. The predicted octanol–water partition coefficient (Wildman–Crippen LogP) is 5.62. The maximum atomic E-state index is 13.7. The number of ether oxygens (including phenoxy) is 3. The van der Waals surface area contributed by atoms with Gasteiger partial charge in [-0.2, -0.15) is 10.1 Å². The first-order valence-corrected chi connectivity index (χ1v) is 11.4. The highest BCUT2D eigenvalue weighted by molar-refractivity contribution is 7.22. The summed E-state index contributed by atoms with van der Waals surface area (Å²) in [6.45, 7) is 4.04. The summed E-state index contributed by atoms with van der Waals surface area (Å²) >= 11 is 1.40. The average molecular weight is 476 g/mol. The smallest absolute Gasteiger partial charge is 0.281 e. The fraction of sp³-hybridized carbons (Fsp3) is 0.192. The van der Waals surface area contributed by atoms with Crippen LogP contribution in [0.3, 0.4) is 0 Å². The molecule has 4 rings (SSSR count). The van der Waals surface area contributed by atoms with Gasteiger partial charge in [-0.05, 0) is 49.2 Å². The second-order valence-electron chi connectivity index (χ2n) is 7.65. The third-order valence-corrected chi connectivity index (χ3v) is 6.21. The monoisotopic (exact) mass is 475 g/mol.